The van der Waals surface area contributed by atoms with Crippen LogP contribution in [0.4, 0.5) is 5.95 Å². The molecule has 7 heteroatoms. The highest BCUT2D eigenvalue weighted by atomic mass is 16.1. The Balaban J connectivity index is 1.40. The van der Waals surface area contributed by atoms with Gasteiger partial charge in [0.1, 0.15) is 5.82 Å². The van der Waals surface area contributed by atoms with Gasteiger partial charge in [-0.2, -0.15) is 0 Å². The summed E-state index contributed by atoms with van der Waals surface area (Å²) in [6, 6.07) is 9.79. The van der Waals surface area contributed by atoms with Crippen molar-refractivity contribution >= 4 is 22.9 Å². The van der Waals surface area contributed by atoms with Crippen LogP contribution in [-0.2, 0) is 18.4 Å². The second-order valence-corrected chi connectivity index (χ2v) is 6.63. The SMILES string of the molecule is Cn1c(CNC(=O)[C@H]2CCCN(c3ncccn3)C2)nc2ccccc21. The number of fused-ring (bicyclic) bond motifs is 1. The number of aryl methyl sites for hydroxylation is 1. The van der Waals surface area contributed by atoms with E-state index in [0.717, 1.165) is 36.2 Å². The van der Waals surface area contributed by atoms with Crippen molar-refractivity contribution in [2.24, 2.45) is 13.0 Å². The van der Waals surface area contributed by atoms with E-state index in [9.17, 15) is 4.79 Å². The fraction of sp³-hybridized carbons (Fsp3) is 0.368. The van der Waals surface area contributed by atoms with Crippen LogP contribution in [0.5, 0.6) is 0 Å². The van der Waals surface area contributed by atoms with Crippen molar-refractivity contribution in [2.45, 2.75) is 19.4 Å². The van der Waals surface area contributed by atoms with Crippen molar-refractivity contribution in [1.29, 1.82) is 0 Å². The fourth-order valence-corrected chi connectivity index (χ4v) is 3.49. The van der Waals surface area contributed by atoms with Crippen LogP contribution in [0.25, 0.3) is 11.0 Å². The maximum atomic E-state index is 12.7. The number of rotatable bonds is 4. The number of carbonyl (C=O) groups is 1. The van der Waals surface area contributed by atoms with Crippen molar-refractivity contribution in [3.8, 4) is 0 Å². The van der Waals surface area contributed by atoms with Gasteiger partial charge in [-0.05, 0) is 31.0 Å². The molecule has 3 aromatic rings. The number of hydrogen-bond acceptors (Lipinski definition) is 5. The van der Waals surface area contributed by atoms with Crippen molar-refractivity contribution in [2.75, 3.05) is 18.0 Å². The van der Waals surface area contributed by atoms with Crippen LogP contribution < -0.4 is 10.2 Å². The first-order chi connectivity index (χ1) is 12.7. The van der Waals surface area contributed by atoms with Crippen LogP contribution in [-0.4, -0.2) is 38.5 Å². The van der Waals surface area contributed by atoms with E-state index in [2.05, 4.69) is 25.2 Å². The molecule has 26 heavy (non-hydrogen) atoms. The van der Waals surface area contributed by atoms with Crippen molar-refractivity contribution < 1.29 is 4.79 Å². The first-order valence-corrected chi connectivity index (χ1v) is 8.92. The number of amides is 1. The van der Waals surface area contributed by atoms with Crippen LogP contribution in [0.3, 0.4) is 0 Å². The first kappa shape index (κ1) is 16.5. The summed E-state index contributed by atoms with van der Waals surface area (Å²) in [5.74, 6) is 1.57. The quantitative estimate of drug-likeness (QED) is 0.778. The molecular formula is C19H22N6O. The zero-order chi connectivity index (χ0) is 17.9. The predicted molar refractivity (Wildman–Crippen MR) is 99.5 cm³/mol. The van der Waals surface area contributed by atoms with Gasteiger partial charge in [0.15, 0.2) is 0 Å². The largest absolute Gasteiger partial charge is 0.349 e. The van der Waals surface area contributed by atoms with E-state index < -0.39 is 0 Å². The molecule has 7 nitrogen and oxygen atoms in total. The number of piperidine rings is 1. The molecule has 1 amide bonds. The van der Waals surface area contributed by atoms with E-state index in [-0.39, 0.29) is 11.8 Å². The van der Waals surface area contributed by atoms with Crippen LogP contribution in [0.2, 0.25) is 0 Å². The lowest BCUT2D eigenvalue weighted by atomic mass is 9.97. The third-order valence-corrected chi connectivity index (χ3v) is 4.93. The molecule has 1 N–H and O–H groups in total. The van der Waals surface area contributed by atoms with Gasteiger partial charge in [-0.25, -0.2) is 15.0 Å². The third-order valence-electron chi connectivity index (χ3n) is 4.93. The zero-order valence-electron chi connectivity index (χ0n) is 14.8. The molecule has 0 bridgehead atoms. The minimum Gasteiger partial charge on any atom is -0.349 e. The summed E-state index contributed by atoms with van der Waals surface area (Å²) in [5.41, 5.74) is 2.02. The molecule has 0 aliphatic carbocycles. The Labute approximate surface area is 152 Å². The van der Waals surface area contributed by atoms with Gasteiger partial charge in [0.2, 0.25) is 11.9 Å². The topological polar surface area (TPSA) is 75.9 Å². The highest BCUT2D eigenvalue weighted by molar-refractivity contribution is 5.80. The number of carbonyl (C=O) groups excluding carboxylic acids is 1. The number of nitrogens with one attached hydrogen (secondary N) is 1. The first-order valence-electron chi connectivity index (χ1n) is 8.92. The Hall–Kier alpha value is -2.96. The number of imidazole rings is 1. The minimum atomic E-state index is -0.0535. The van der Waals surface area contributed by atoms with E-state index in [1.165, 1.54) is 0 Å². The highest BCUT2D eigenvalue weighted by Gasteiger charge is 2.27. The summed E-state index contributed by atoms with van der Waals surface area (Å²) in [5, 5.41) is 3.05. The van der Waals surface area contributed by atoms with Crippen LogP contribution in [0, 0.1) is 5.92 Å². The molecule has 2 aromatic heterocycles. The Morgan fingerprint density at radius 2 is 2.04 bits per heavy atom. The second kappa shape index (κ2) is 7.11. The Kier molecular flexibility index (Phi) is 4.51. The number of nitrogens with zero attached hydrogens (tertiary/aromatic N) is 5. The second-order valence-electron chi connectivity index (χ2n) is 6.63. The molecular weight excluding hydrogens is 328 g/mol. The van der Waals surface area contributed by atoms with Gasteiger partial charge in [-0.1, -0.05) is 12.1 Å². The van der Waals surface area contributed by atoms with Crippen LogP contribution in [0.1, 0.15) is 18.7 Å². The monoisotopic (exact) mass is 350 g/mol. The lowest BCUT2D eigenvalue weighted by Crippen LogP contribution is -2.43. The molecule has 0 saturated carbocycles. The third kappa shape index (κ3) is 3.24. The average molecular weight is 350 g/mol. The van der Waals surface area contributed by atoms with E-state index in [1.807, 2.05) is 35.9 Å². The van der Waals surface area contributed by atoms with Crippen molar-refractivity contribution in [3.63, 3.8) is 0 Å². The lowest BCUT2D eigenvalue weighted by molar-refractivity contribution is -0.125. The van der Waals surface area contributed by atoms with Crippen LogP contribution in [0.15, 0.2) is 42.7 Å². The van der Waals surface area contributed by atoms with Crippen molar-refractivity contribution in [1.82, 2.24) is 24.8 Å². The molecule has 0 unspecified atom stereocenters. The predicted octanol–water partition coefficient (Wildman–Crippen LogP) is 1.90. The minimum absolute atomic E-state index is 0.0535. The lowest BCUT2D eigenvalue weighted by Gasteiger charge is -2.31. The fourth-order valence-electron chi connectivity index (χ4n) is 3.49. The summed E-state index contributed by atoms with van der Waals surface area (Å²) < 4.78 is 2.03. The van der Waals surface area contributed by atoms with Gasteiger partial charge in [0.05, 0.1) is 23.5 Å². The Morgan fingerprint density at radius 1 is 1.23 bits per heavy atom. The molecule has 1 fully saturated rings. The number of benzene rings is 1. The van der Waals surface area contributed by atoms with E-state index in [1.54, 1.807) is 18.5 Å². The number of aromatic nitrogens is 4. The maximum absolute atomic E-state index is 12.7. The number of hydrogen-bond donors (Lipinski definition) is 1. The molecule has 1 atom stereocenters. The van der Waals surface area contributed by atoms with E-state index >= 15 is 0 Å². The maximum Gasteiger partial charge on any atom is 0.225 e. The Morgan fingerprint density at radius 3 is 2.85 bits per heavy atom. The van der Waals surface area contributed by atoms with Gasteiger partial charge in [0, 0.05) is 32.5 Å². The molecule has 134 valence electrons. The van der Waals surface area contributed by atoms with Gasteiger partial charge in [-0.3, -0.25) is 4.79 Å². The summed E-state index contributed by atoms with van der Waals surface area (Å²) in [6.45, 7) is 1.97. The van der Waals surface area contributed by atoms with E-state index in [0.29, 0.717) is 19.0 Å². The normalized spacial score (nSPS) is 17.4. The summed E-state index contributed by atoms with van der Waals surface area (Å²) in [4.78, 5) is 27.9. The zero-order valence-corrected chi connectivity index (χ0v) is 14.8. The molecule has 4 rings (SSSR count). The number of anilines is 1. The molecule has 1 aliphatic rings. The molecule has 0 radical (unpaired) electrons. The molecule has 1 saturated heterocycles. The molecule has 1 aromatic carbocycles. The summed E-state index contributed by atoms with van der Waals surface area (Å²) in [6.07, 6.45) is 5.32. The average Bonchev–Trinajstić information content (AvgIpc) is 3.03. The molecule has 1 aliphatic heterocycles. The van der Waals surface area contributed by atoms with Gasteiger partial charge >= 0.3 is 0 Å². The van der Waals surface area contributed by atoms with E-state index in [4.69, 9.17) is 0 Å². The van der Waals surface area contributed by atoms with Gasteiger partial charge < -0.3 is 14.8 Å². The Bertz CT molecular complexity index is 907. The van der Waals surface area contributed by atoms with Crippen molar-refractivity contribution in [3.05, 3.63) is 48.5 Å². The summed E-state index contributed by atoms with van der Waals surface area (Å²) in [7, 11) is 1.98. The molecule has 3 heterocycles. The standard InChI is InChI=1S/C19H22N6O/c1-24-16-8-3-2-7-15(16)23-17(24)12-22-18(26)14-6-4-11-25(13-14)19-20-9-5-10-21-19/h2-3,5,7-10,14H,4,6,11-13H2,1H3,(H,22,26)/t14-/m0/s1. The van der Waals surface area contributed by atoms with Gasteiger partial charge in [0.25, 0.3) is 0 Å². The number of para-hydroxylation sites is 2. The molecule has 0 spiro atoms. The highest BCUT2D eigenvalue weighted by Crippen LogP contribution is 2.20. The van der Waals surface area contributed by atoms with Crippen LogP contribution >= 0.6 is 0 Å². The smallest absolute Gasteiger partial charge is 0.225 e. The summed E-state index contributed by atoms with van der Waals surface area (Å²) >= 11 is 0. The van der Waals surface area contributed by atoms with Gasteiger partial charge in [-0.15, -0.1) is 0 Å².